The van der Waals surface area contributed by atoms with Gasteiger partial charge in [-0.15, -0.1) is 0 Å². The van der Waals surface area contributed by atoms with E-state index in [4.69, 9.17) is 13.9 Å². The molecule has 1 N–H and O–H groups in total. The molecule has 0 aliphatic heterocycles. The number of alkyl carbamates (subject to hydrolysis) is 1. The third kappa shape index (κ3) is 5.17. The highest BCUT2D eigenvalue weighted by Gasteiger charge is 2.28. The van der Waals surface area contributed by atoms with Crippen molar-refractivity contribution in [3.63, 3.8) is 0 Å². The molecule has 1 atom stereocenters. The summed E-state index contributed by atoms with van der Waals surface area (Å²) >= 11 is 0. The highest BCUT2D eigenvalue weighted by molar-refractivity contribution is 5.92. The van der Waals surface area contributed by atoms with Crippen LogP contribution in [0.2, 0.25) is 0 Å². The van der Waals surface area contributed by atoms with Gasteiger partial charge in [0.2, 0.25) is 0 Å². The maximum absolute atomic E-state index is 13.2. The molecule has 3 aromatic rings. The predicted octanol–water partition coefficient (Wildman–Crippen LogP) is 4.89. The van der Waals surface area contributed by atoms with Crippen LogP contribution in [0.5, 0.6) is 5.75 Å². The van der Waals surface area contributed by atoms with Crippen LogP contribution in [0, 0.1) is 20.8 Å². The molecular weight excluding hydrogens is 410 g/mol. The molecule has 1 amide bonds. The molecule has 0 spiro atoms. The maximum Gasteiger partial charge on any atom is 0.408 e. The van der Waals surface area contributed by atoms with Crippen LogP contribution in [0.3, 0.4) is 0 Å². The van der Waals surface area contributed by atoms with Gasteiger partial charge in [0.1, 0.15) is 16.9 Å². The standard InChI is InChI=1S/C25H27NO6/c1-14-12-18-20(15(2)16(3)22(27)30-18)19(13-14)31-23(28)21(17-10-8-7-9-11-17)26-24(29)32-25(4,5)6/h7-13,21H,1-6H3,(H,26,29)/t21-/m0/s1. The van der Waals surface area contributed by atoms with Crippen molar-refractivity contribution in [2.45, 2.75) is 53.2 Å². The van der Waals surface area contributed by atoms with Gasteiger partial charge in [-0.2, -0.15) is 0 Å². The Bertz CT molecular complexity index is 1220. The topological polar surface area (TPSA) is 94.8 Å². The first-order valence-electron chi connectivity index (χ1n) is 10.3. The van der Waals surface area contributed by atoms with E-state index < -0.39 is 29.3 Å². The SMILES string of the molecule is Cc1cc(OC(=O)[C@@H](NC(=O)OC(C)(C)C)c2ccccc2)c2c(C)c(C)c(=O)oc2c1. The molecule has 7 nitrogen and oxygen atoms in total. The van der Waals surface area contributed by atoms with Crippen molar-refractivity contribution in [2.24, 2.45) is 0 Å². The fourth-order valence-corrected chi connectivity index (χ4v) is 3.29. The van der Waals surface area contributed by atoms with Gasteiger partial charge in [-0.1, -0.05) is 30.3 Å². The molecule has 1 heterocycles. The first-order chi connectivity index (χ1) is 15.0. The van der Waals surface area contributed by atoms with Crippen LogP contribution < -0.4 is 15.7 Å². The number of amides is 1. The monoisotopic (exact) mass is 437 g/mol. The van der Waals surface area contributed by atoms with E-state index in [1.54, 1.807) is 77.9 Å². The molecule has 0 aliphatic rings. The second-order valence-corrected chi connectivity index (χ2v) is 8.69. The number of hydrogen-bond acceptors (Lipinski definition) is 6. The van der Waals surface area contributed by atoms with E-state index in [-0.39, 0.29) is 5.75 Å². The van der Waals surface area contributed by atoms with E-state index >= 15 is 0 Å². The molecule has 0 aliphatic carbocycles. The van der Waals surface area contributed by atoms with E-state index in [1.165, 1.54) is 0 Å². The van der Waals surface area contributed by atoms with E-state index in [1.807, 2.05) is 6.07 Å². The van der Waals surface area contributed by atoms with Gasteiger partial charge < -0.3 is 19.2 Å². The summed E-state index contributed by atoms with van der Waals surface area (Å²) in [6.45, 7) is 10.4. The fraction of sp³-hybridized carbons (Fsp3) is 0.320. The van der Waals surface area contributed by atoms with Gasteiger partial charge >= 0.3 is 17.7 Å². The highest BCUT2D eigenvalue weighted by atomic mass is 16.6. The summed E-state index contributed by atoms with van der Waals surface area (Å²) < 4.78 is 16.5. The van der Waals surface area contributed by atoms with E-state index in [2.05, 4.69) is 5.32 Å². The molecular formula is C25H27NO6. The normalized spacial score (nSPS) is 12.3. The molecule has 0 saturated heterocycles. The summed E-state index contributed by atoms with van der Waals surface area (Å²) in [5.74, 6) is -0.446. The first kappa shape index (κ1) is 23.1. The van der Waals surface area contributed by atoms with Gasteiger partial charge in [0.05, 0.1) is 5.39 Å². The van der Waals surface area contributed by atoms with Crippen LogP contribution in [0.4, 0.5) is 4.79 Å². The van der Waals surface area contributed by atoms with Crippen LogP contribution in [0.25, 0.3) is 11.0 Å². The van der Waals surface area contributed by atoms with E-state index in [0.29, 0.717) is 27.7 Å². The molecule has 168 valence electrons. The Labute approximate surface area is 186 Å². The van der Waals surface area contributed by atoms with Gasteiger partial charge in [0.25, 0.3) is 0 Å². The molecule has 0 saturated carbocycles. The van der Waals surface area contributed by atoms with Gasteiger partial charge in [-0.3, -0.25) is 0 Å². The molecule has 0 bridgehead atoms. The molecule has 2 aromatic carbocycles. The summed E-state index contributed by atoms with van der Waals surface area (Å²) in [4.78, 5) is 37.8. The smallest absolute Gasteiger partial charge is 0.408 e. The summed E-state index contributed by atoms with van der Waals surface area (Å²) in [5.41, 5.74) is 1.56. The number of aryl methyl sites for hydroxylation is 2. The van der Waals surface area contributed by atoms with Crippen molar-refractivity contribution in [3.05, 3.63) is 75.1 Å². The third-order valence-corrected chi connectivity index (χ3v) is 4.90. The lowest BCUT2D eigenvalue weighted by Crippen LogP contribution is -2.39. The number of rotatable bonds is 4. The van der Waals surface area contributed by atoms with Gasteiger partial charge in [-0.05, 0) is 70.4 Å². The van der Waals surface area contributed by atoms with Crippen molar-refractivity contribution in [3.8, 4) is 5.75 Å². The summed E-state index contributed by atoms with van der Waals surface area (Å²) in [6.07, 6.45) is -0.740. The second-order valence-electron chi connectivity index (χ2n) is 8.69. The first-order valence-corrected chi connectivity index (χ1v) is 10.3. The number of benzene rings is 2. The Morgan fingerprint density at radius 1 is 1.00 bits per heavy atom. The lowest BCUT2D eigenvalue weighted by atomic mass is 10.0. The fourth-order valence-electron chi connectivity index (χ4n) is 3.29. The van der Waals surface area contributed by atoms with Crippen LogP contribution in [-0.2, 0) is 9.53 Å². The number of fused-ring (bicyclic) bond motifs is 1. The molecule has 32 heavy (non-hydrogen) atoms. The zero-order chi connectivity index (χ0) is 23.6. The highest BCUT2D eigenvalue weighted by Crippen LogP contribution is 2.32. The quantitative estimate of drug-likeness (QED) is 0.355. The number of carbonyl (C=O) groups is 2. The lowest BCUT2D eigenvalue weighted by molar-refractivity contribution is -0.136. The molecule has 7 heteroatoms. The van der Waals surface area contributed by atoms with E-state index in [9.17, 15) is 14.4 Å². The minimum absolute atomic E-state index is 0.251. The number of esters is 1. The number of hydrogen-bond donors (Lipinski definition) is 1. The average molecular weight is 437 g/mol. The zero-order valence-electron chi connectivity index (χ0n) is 19.1. The lowest BCUT2D eigenvalue weighted by Gasteiger charge is -2.23. The van der Waals surface area contributed by atoms with Gasteiger partial charge in [0.15, 0.2) is 6.04 Å². The van der Waals surface area contributed by atoms with Crippen LogP contribution >= 0.6 is 0 Å². The predicted molar refractivity (Wildman–Crippen MR) is 121 cm³/mol. The maximum atomic E-state index is 13.2. The van der Waals surface area contributed by atoms with Crippen LogP contribution in [-0.4, -0.2) is 17.7 Å². The number of carbonyl (C=O) groups excluding carboxylic acids is 2. The molecule has 1 aromatic heterocycles. The van der Waals surface area contributed by atoms with Crippen molar-refractivity contribution < 1.29 is 23.5 Å². The minimum atomic E-state index is -1.10. The summed E-state index contributed by atoms with van der Waals surface area (Å²) in [6, 6.07) is 11.1. The number of nitrogens with one attached hydrogen (secondary N) is 1. The van der Waals surface area contributed by atoms with Crippen molar-refractivity contribution in [1.82, 2.24) is 5.32 Å². The average Bonchev–Trinajstić information content (AvgIpc) is 2.69. The second kappa shape index (κ2) is 8.86. The van der Waals surface area contributed by atoms with Gasteiger partial charge in [0, 0.05) is 5.56 Å². The molecule has 3 rings (SSSR count). The van der Waals surface area contributed by atoms with Crippen LogP contribution in [0.1, 0.15) is 49.1 Å². The van der Waals surface area contributed by atoms with Gasteiger partial charge in [-0.25, -0.2) is 14.4 Å². The van der Waals surface area contributed by atoms with Crippen molar-refractivity contribution in [2.75, 3.05) is 0 Å². The Morgan fingerprint density at radius 2 is 1.66 bits per heavy atom. The Balaban J connectivity index is 2.01. The minimum Gasteiger partial charge on any atom is -0.444 e. The van der Waals surface area contributed by atoms with Crippen molar-refractivity contribution in [1.29, 1.82) is 0 Å². The zero-order valence-corrected chi connectivity index (χ0v) is 19.1. The third-order valence-electron chi connectivity index (χ3n) is 4.90. The summed E-state index contributed by atoms with van der Waals surface area (Å²) in [7, 11) is 0. The largest absolute Gasteiger partial charge is 0.444 e. The Hall–Kier alpha value is -3.61. The molecule has 0 radical (unpaired) electrons. The van der Waals surface area contributed by atoms with Crippen LogP contribution in [0.15, 0.2) is 51.7 Å². The Kier molecular flexibility index (Phi) is 6.39. The summed E-state index contributed by atoms with van der Waals surface area (Å²) in [5, 5.41) is 3.13. The molecule has 0 fully saturated rings. The molecule has 0 unspecified atom stereocenters. The van der Waals surface area contributed by atoms with Crippen molar-refractivity contribution >= 4 is 23.0 Å². The van der Waals surface area contributed by atoms with E-state index in [0.717, 1.165) is 5.56 Å². The number of ether oxygens (including phenoxy) is 2. The Morgan fingerprint density at radius 3 is 2.28 bits per heavy atom.